The summed E-state index contributed by atoms with van der Waals surface area (Å²) in [5, 5.41) is 19.5. The van der Waals surface area contributed by atoms with E-state index in [4.69, 9.17) is 0 Å². The third-order valence-corrected chi connectivity index (χ3v) is 4.79. The van der Waals surface area contributed by atoms with Crippen molar-refractivity contribution in [1.29, 1.82) is 0 Å². The molecule has 0 spiro atoms. The van der Waals surface area contributed by atoms with Crippen molar-refractivity contribution in [3.05, 3.63) is 53.9 Å². The molecule has 1 aromatic carbocycles. The average molecular weight is 327 g/mol. The average Bonchev–Trinajstić information content (AvgIpc) is 3.06. The number of hydrogen-bond acceptors (Lipinski definition) is 3. The van der Waals surface area contributed by atoms with Gasteiger partial charge in [-0.3, -0.25) is 9.89 Å². The van der Waals surface area contributed by atoms with E-state index in [0.717, 1.165) is 37.7 Å². The molecule has 1 atom stereocenters. The highest BCUT2D eigenvalue weighted by Gasteiger charge is 2.34. The third-order valence-electron chi connectivity index (χ3n) is 4.79. The van der Waals surface area contributed by atoms with Gasteiger partial charge in [0.2, 0.25) is 5.91 Å². The minimum absolute atomic E-state index is 0.0980. The molecule has 1 saturated carbocycles. The van der Waals surface area contributed by atoms with Crippen LogP contribution in [0.4, 0.5) is 0 Å². The van der Waals surface area contributed by atoms with Crippen LogP contribution in [0.2, 0.25) is 0 Å². The Morgan fingerprint density at radius 2 is 2.08 bits per heavy atom. The van der Waals surface area contributed by atoms with E-state index in [9.17, 15) is 9.90 Å². The molecular weight excluding hydrogens is 302 g/mol. The van der Waals surface area contributed by atoms with E-state index in [2.05, 4.69) is 27.6 Å². The maximum Gasteiger partial charge on any atom is 0.220 e. The third kappa shape index (κ3) is 4.68. The van der Waals surface area contributed by atoms with Crippen molar-refractivity contribution in [1.82, 2.24) is 15.5 Å². The summed E-state index contributed by atoms with van der Waals surface area (Å²) in [6.07, 6.45) is 8.05. The topological polar surface area (TPSA) is 78.0 Å². The number of hydrogen-bond donors (Lipinski definition) is 3. The second kappa shape index (κ2) is 8.11. The number of aryl methyl sites for hydroxylation is 1. The van der Waals surface area contributed by atoms with Crippen LogP contribution in [0.25, 0.3) is 0 Å². The molecule has 1 aliphatic carbocycles. The van der Waals surface area contributed by atoms with Crippen molar-refractivity contribution in [3.8, 4) is 0 Å². The SMILES string of the molecule is O=C(CCCc1cn[nH]c1)N[C@H](Cc1ccccc1)C1CC(O)C1. The van der Waals surface area contributed by atoms with Gasteiger partial charge in [-0.1, -0.05) is 30.3 Å². The van der Waals surface area contributed by atoms with Crippen LogP contribution < -0.4 is 5.32 Å². The largest absolute Gasteiger partial charge is 0.393 e. The molecular formula is C19H25N3O2. The predicted octanol–water partition coefficient (Wildman–Crippen LogP) is 2.23. The van der Waals surface area contributed by atoms with Gasteiger partial charge in [-0.25, -0.2) is 0 Å². The van der Waals surface area contributed by atoms with E-state index in [0.29, 0.717) is 12.3 Å². The van der Waals surface area contributed by atoms with Crippen LogP contribution in [-0.2, 0) is 17.6 Å². The normalized spacial score (nSPS) is 21.0. The van der Waals surface area contributed by atoms with E-state index in [-0.39, 0.29) is 18.1 Å². The molecule has 1 aliphatic rings. The Bertz CT molecular complexity index is 621. The number of aliphatic hydroxyl groups is 1. The van der Waals surface area contributed by atoms with Gasteiger partial charge in [0.25, 0.3) is 0 Å². The lowest BCUT2D eigenvalue weighted by Gasteiger charge is -2.38. The monoisotopic (exact) mass is 327 g/mol. The van der Waals surface area contributed by atoms with Crippen LogP contribution >= 0.6 is 0 Å². The van der Waals surface area contributed by atoms with Crippen molar-refractivity contribution in [2.75, 3.05) is 0 Å². The Labute approximate surface area is 142 Å². The second-order valence-electron chi connectivity index (χ2n) is 6.71. The lowest BCUT2D eigenvalue weighted by molar-refractivity contribution is -0.123. The van der Waals surface area contributed by atoms with Gasteiger partial charge in [-0.05, 0) is 49.1 Å². The van der Waals surface area contributed by atoms with Crippen LogP contribution in [0.1, 0.15) is 36.8 Å². The van der Waals surface area contributed by atoms with Crippen molar-refractivity contribution in [2.45, 2.75) is 50.7 Å². The summed E-state index contributed by atoms with van der Waals surface area (Å²) in [7, 11) is 0. The molecule has 0 unspecified atom stereocenters. The Kier molecular flexibility index (Phi) is 5.64. The summed E-state index contributed by atoms with van der Waals surface area (Å²) in [5.74, 6) is 0.471. The summed E-state index contributed by atoms with van der Waals surface area (Å²) < 4.78 is 0. The summed E-state index contributed by atoms with van der Waals surface area (Å²) in [5.41, 5.74) is 2.35. The first kappa shape index (κ1) is 16.7. The van der Waals surface area contributed by atoms with Crippen LogP contribution in [0.5, 0.6) is 0 Å². The van der Waals surface area contributed by atoms with E-state index in [1.165, 1.54) is 5.56 Å². The van der Waals surface area contributed by atoms with Gasteiger partial charge in [0.15, 0.2) is 0 Å². The Morgan fingerprint density at radius 1 is 1.29 bits per heavy atom. The number of H-pyrrole nitrogens is 1. The van der Waals surface area contributed by atoms with E-state index in [1.807, 2.05) is 24.4 Å². The molecule has 5 heteroatoms. The van der Waals surface area contributed by atoms with Crippen molar-refractivity contribution >= 4 is 5.91 Å². The first-order valence-corrected chi connectivity index (χ1v) is 8.69. The molecule has 0 radical (unpaired) electrons. The first-order valence-electron chi connectivity index (χ1n) is 8.69. The lowest BCUT2D eigenvalue weighted by Crippen LogP contribution is -2.48. The summed E-state index contributed by atoms with van der Waals surface area (Å²) >= 11 is 0. The Balaban J connectivity index is 1.50. The zero-order chi connectivity index (χ0) is 16.8. The zero-order valence-electron chi connectivity index (χ0n) is 13.8. The highest BCUT2D eigenvalue weighted by atomic mass is 16.3. The number of nitrogens with one attached hydrogen (secondary N) is 2. The maximum atomic E-state index is 12.3. The van der Waals surface area contributed by atoms with Gasteiger partial charge in [0.1, 0.15) is 0 Å². The van der Waals surface area contributed by atoms with Crippen molar-refractivity contribution < 1.29 is 9.90 Å². The Morgan fingerprint density at radius 3 is 2.75 bits per heavy atom. The number of amides is 1. The summed E-state index contributed by atoms with van der Waals surface area (Å²) in [4.78, 5) is 12.3. The minimum Gasteiger partial charge on any atom is -0.393 e. The highest BCUT2D eigenvalue weighted by molar-refractivity contribution is 5.76. The molecule has 0 aliphatic heterocycles. The molecule has 3 rings (SSSR count). The van der Waals surface area contributed by atoms with Crippen LogP contribution in [-0.4, -0.2) is 33.4 Å². The van der Waals surface area contributed by atoms with Gasteiger partial charge >= 0.3 is 0 Å². The molecule has 1 fully saturated rings. The number of aliphatic hydroxyl groups excluding tert-OH is 1. The summed E-state index contributed by atoms with van der Waals surface area (Å²) in [6.45, 7) is 0. The fourth-order valence-corrected chi connectivity index (χ4v) is 3.31. The van der Waals surface area contributed by atoms with Gasteiger partial charge < -0.3 is 10.4 Å². The number of carbonyl (C=O) groups excluding carboxylic acids is 1. The number of aromatic nitrogens is 2. The quantitative estimate of drug-likeness (QED) is 0.696. The predicted molar refractivity (Wildman–Crippen MR) is 92.3 cm³/mol. The standard InChI is InChI=1S/C19H25N3O2/c23-17-10-16(11-17)18(9-14-5-2-1-3-6-14)22-19(24)8-4-7-15-12-20-21-13-15/h1-3,5-6,12-13,16-18,23H,4,7-11H2,(H,20,21)(H,22,24)/t16?,17?,18-/m1/s1. The van der Waals surface area contributed by atoms with Crippen LogP contribution in [0, 0.1) is 5.92 Å². The number of aromatic amines is 1. The van der Waals surface area contributed by atoms with E-state index >= 15 is 0 Å². The fraction of sp³-hybridized carbons (Fsp3) is 0.474. The van der Waals surface area contributed by atoms with Crippen LogP contribution in [0.3, 0.4) is 0 Å². The van der Waals surface area contributed by atoms with Crippen LogP contribution in [0.15, 0.2) is 42.7 Å². The number of benzene rings is 1. The second-order valence-corrected chi connectivity index (χ2v) is 6.71. The molecule has 24 heavy (non-hydrogen) atoms. The van der Waals surface area contributed by atoms with Gasteiger partial charge in [0.05, 0.1) is 12.3 Å². The van der Waals surface area contributed by atoms with E-state index < -0.39 is 0 Å². The van der Waals surface area contributed by atoms with Gasteiger partial charge in [-0.2, -0.15) is 5.10 Å². The Hall–Kier alpha value is -2.14. The molecule has 0 saturated heterocycles. The highest BCUT2D eigenvalue weighted by Crippen LogP contribution is 2.31. The molecule has 0 bridgehead atoms. The molecule has 1 heterocycles. The zero-order valence-corrected chi connectivity index (χ0v) is 13.8. The number of nitrogens with zero attached hydrogens (tertiary/aromatic N) is 1. The molecule has 1 aromatic heterocycles. The molecule has 128 valence electrons. The van der Waals surface area contributed by atoms with Crippen molar-refractivity contribution in [2.24, 2.45) is 5.92 Å². The summed E-state index contributed by atoms with van der Waals surface area (Å²) in [6, 6.07) is 10.3. The van der Waals surface area contributed by atoms with Gasteiger partial charge in [0, 0.05) is 18.7 Å². The maximum absolute atomic E-state index is 12.3. The minimum atomic E-state index is -0.203. The van der Waals surface area contributed by atoms with E-state index in [1.54, 1.807) is 6.20 Å². The first-order chi connectivity index (χ1) is 11.7. The molecule has 1 amide bonds. The van der Waals surface area contributed by atoms with Crippen molar-refractivity contribution in [3.63, 3.8) is 0 Å². The number of rotatable bonds is 8. The lowest BCUT2D eigenvalue weighted by atomic mass is 9.75. The fourth-order valence-electron chi connectivity index (χ4n) is 3.31. The number of carbonyl (C=O) groups is 1. The van der Waals surface area contributed by atoms with Gasteiger partial charge in [-0.15, -0.1) is 0 Å². The molecule has 3 N–H and O–H groups in total. The molecule has 5 nitrogen and oxygen atoms in total. The molecule has 2 aromatic rings. The smallest absolute Gasteiger partial charge is 0.220 e.